The van der Waals surface area contributed by atoms with Gasteiger partial charge in [-0.05, 0) is 0 Å². The SMILES string of the molecule is Nc1ncnc2c1ncn2C1C[C@@H](O)C(COP(=O)([O-])OP(=O)([O-])OP(=O)([O-])O)O1.[Na+].[Na+].[Na+]. The second-order valence-corrected chi connectivity index (χ2v) is 10.1. The van der Waals surface area contributed by atoms with Gasteiger partial charge in [-0.3, -0.25) is 18.3 Å². The number of phosphoric ester groups is 1. The average molecular weight is 557 g/mol. The van der Waals surface area contributed by atoms with E-state index in [-0.39, 0.29) is 112 Å². The number of rotatable bonds is 8. The third-order valence-corrected chi connectivity index (χ3v) is 7.39. The van der Waals surface area contributed by atoms with Crippen molar-refractivity contribution in [3.05, 3.63) is 12.7 Å². The molecule has 1 aliphatic heterocycles. The Kier molecular flexibility index (Phi) is 14.2. The van der Waals surface area contributed by atoms with Crippen LogP contribution in [-0.2, 0) is 31.6 Å². The van der Waals surface area contributed by atoms with Crippen molar-refractivity contribution >= 4 is 40.4 Å². The van der Waals surface area contributed by atoms with Gasteiger partial charge in [-0.25, -0.2) is 23.6 Å². The van der Waals surface area contributed by atoms with Crippen molar-refractivity contribution in [2.24, 2.45) is 0 Å². The van der Waals surface area contributed by atoms with Crippen LogP contribution < -0.4 is 109 Å². The van der Waals surface area contributed by atoms with Gasteiger partial charge in [0.2, 0.25) is 0 Å². The Balaban J connectivity index is 0.00000341. The maximum atomic E-state index is 11.6. The number of nitrogens with zero attached hydrogens (tertiary/aromatic N) is 4. The van der Waals surface area contributed by atoms with E-state index in [1.54, 1.807) is 0 Å². The van der Waals surface area contributed by atoms with Gasteiger partial charge < -0.3 is 39.7 Å². The topological polar surface area (TPSA) is 267 Å². The Morgan fingerprint density at radius 1 is 1.12 bits per heavy atom. The number of anilines is 1. The molecule has 0 saturated carbocycles. The van der Waals surface area contributed by atoms with Crippen molar-refractivity contribution in [2.75, 3.05) is 12.3 Å². The summed E-state index contributed by atoms with van der Waals surface area (Å²) in [5.74, 6) is 0.108. The first kappa shape index (κ1) is 34.7. The molecular weight excluding hydrogens is 544 g/mol. The molecule has 4 N–H and O–H groups in total. The first-order chi connectivity index (χ1) is 13.8. The molecule has 23 heteroatoms. The number of hydrogen-bond donors (Lipinski definition) is 3. The van der Waals surface area contributed by atoms with E-state index < -0.39 is 48.5 Å². The molecule has 6 atom stereocenters. The van der Waals surface area contributed by atoms with E-state index in [0.29, 0.717) is 0 Å². The van der Waals surface area contributed by atoms with Gasteiger partial charge in [0.25, 0.3) is 23.5 Å². The molecule has 3 heterocycles. The van der Waals surface area contributed by atoms with Gasteiger partial charge in [0, 0.05) is 6.42 Å². The summed E-state index contributed by atoms with van der Waals surface area (Å²) >= 11 is 0. The predicted octanol–water partition coefficient (Wildman–Crippen LogP) is -11.5. The van der Waals surface area contributed by atoms with Crippen molar-refractivity contribution in [1.82, 2.24) is 19.5 Å². The third kappa shape index (κ3) is 9.82. The molecule has 0 aromatic carbocycles. The molecule has 0 amide bonds. The standard InChI is InChI=1S/C10H16N5O12P3.3Na/c11-9-8-10(13-3-12-9)15(4-14-8)7-1-5(16)6(25-7)2-24-29(20,21)27-30(22,23)26-28(17,18)19;;;/h3-7,16H,1-2H2,(H,20,21)(H,22,23)(H2,11,12,13)(H2,17,18,19);;;/q;3*+1/p-3/t5-,6?,7?;;;/m1.../s1. The number of nitrogens with two attached hydrogens (primary N) is 1. The number of nitrogen functional groups attached to an aromatic ring is 1. The fourth-order valence-corrected chi connectivity index (χ4v) is 5.47. The zero-order valence-corrected chi connectivity index (χ0v) is 26.2. The smallest absolute Gasteiger partial charge is 0.756 e. The van der Waals surface area contributed by atoms with Gasteiger partial charge >= 0.3 is 88.7 Å². The van der Waals surface area contributed by atoms with E-state index in [0.717, 1.165) is 0 Å². The molecule has 0 radical (unpaired) electrons. The molecule has 2 aromatic rings. The number of fused-ring (bicyclic) bond motifs is 1. The number of aromatic nitrogens is 4. The first-order valence-corrected chi connectivity index (χ1v) is 12.2. The van der Waals surface area contributed by atoms with Crippen LogP contribution in [0.5, 0.6) is 0 Å². The van der Waals surface area contributed by atoms with Crippen molar-refractivity contribution in [1.29, 1.82) is 0 Å². The van der Waals surface area contributed by atoms with E-state index >= 15 is 0 Å². The van der Waals surface area contributed by atoms with Crippen LogP contribution in [0.25, 0.3) is 11.2 Å². The summed E-state index contributed by atoms with van der Waals surface area (Å²) in [5.41, 5.74) is 6.24. The van der Waals surface area contributed by atoms with Crippen LogP contribution in [0, 0.1) is 0 Å². The zero-order valence-electron chi connectivity index (χ0n) is 17.5. The molecule has 168 valence electrons. The molecule has 0 aliphatic carbocycles. The number of aliphatic hydroxyl groups is 1. The number of hydrogen-bond acceptors (Lipinski definition) is 15. The van der Waals surface area contributed by atoms with Crippen LogP contribution in [0.1, 0.15) is 12.6 Å². The fraction of sp³-hybridized carbons (Fsp3) is 0.500. The average Bonchev–Trinajstić information content (AvgIpc) is 3.14. The van der Waals surface area contributed by atoms with Crippen LogP contribution >= 0.6 is 23.5 Å². The van der Waals surface area contributed by atoms with Gasteiger partial charge in [0.1, 0.15) is 24.2 Å². The summed E-state index contributed by atoms with van der Waals surface area (Å²) in [6.45, 7) is -0.893. The molecule has 3 rings (SSSR count). The third-order valence-electron chi connectivity index (χ3n) is 3.70. The normalized spacial score (nSPS) is 25.5. The molecule has 1 saturated heterocycles. The van der Waals surface area contributed by atoms with Crippen LogP contribution in [0.15, 0.2) is 12.7 Å². The predicted molar refractivity (Wildman–Crippen MR) is 87.4 cm³/mol. The van der Waals surface area contributed by atoms with E-state index in [2.05, 4.69) is 28.1 Å². The quantitative estimate of drug-likeness (QED) is 0.201. The summed E-state index contributed by atoms with van der Waals surface area (Å²) in [4.78, 5) is 53.3. The molecule has 17 nitrogen and oxygen atoms in total. The Labute approximate surface area is 252 Å². The van der Waals surface area contributed by atoms with Gasteiger partial charge in [-0.2, -0.15) is 0 Å². The molecule has 0 spiro atoms. The Morgan fingerprint density at radius 2 is 1.76 bits per heavy atom. The zero-order chi connectivity index (χ0) is 22.3. The van der Waals surface area contributed by atoms with Gasteiger partial charge in [-0.1, -0.05) is 0 Å². The minimum atomic E-state index is -6.01. The summed E-state index contributed by atoms with van der Waals surface area (Å²) in [7, 11) is -17.5. The largest absolute Gasteiger partial charge is 1.00 e. The van der Waals surface area contributed by atoms with Crippen molar-refractivity contribution < 1.29 is 145 Å². The number of aliphatic hydroxyl groups excluding tert-OH is 1. The van der Waals surface area contributed by atoms with Crippen LogP contribution in [-0.4, -0.2) is 48.3 Å². The second-order valence-electron chi connectivity index (χ2n) is 5.84. The Hall–Kier alpha value is 1.68. The van der Waals surface area contributed by atoms with Gasteiger partial charge in [0.15, 0.2) is 11.5 Å². The van der Waals surface area contributed by atoms with Gasteiger partial charge in [-0.15, -0.1) is 0 Å². The van der Waals surface area contributed by atoms with E-state index in [1.165, 1.54) is 17.2 Å². The number of ether oxygens (including phenoxy) is 1. The van der Waals surface area contributed by atoms with Crippen LogP contribution in [0.3, 0.4) is 0 Å². The summed E-state index contributed by atoms with van der Waals surface area (Å²) in [5, 5.41) is 10.1. The van der Waals surface area contributed by atoms with E-state index in [1.807, 2.05) is 0 Å². The Bertz CT molecular complexity index is 1090. The second kappa shape index (κ2) is 13.5. The van der Waals surface area contributed by atoms with E-state index in [4.69, 9.17) is 15.4 Å². The van der Waals surface area contributed by atoms with Crippen molar-refractivity contribution in [3.63, 3.8) is 0 Å². The number of phosphoric acid groups is 3. The van der Waals surface area contributed by atoms with Gasteiger partial charge in [0.05, 0.1) is 19.0 Å². The van der Waals surface area contributed by atoms with Crippen LogP contribution in [0.4, 0.5) is 5.82 Å². The maximum absolute atomic E-state index is 11.6. The number of imidazole rings is 1. The Morgan fingerprint density at radius 3 is 2.36 bits per heavy atom. The minimum Gasteiger partial charge on any atom is -0.756 e. The molecule has 0 bridgehead atoms. The summed E-state index contributed by atoms with van der Waals surface area (Å²) in [6.07, 6.45) is -0.897. The molecular formula is C10H13N5Na3O12P3. The molecule has 2 aromatic heterocycles. The van der Waals surface area contributed by atoms with Crippen molar-refractivity contribution in [2.45, 2.75) is 24.9 Å². The molecule has 5 unspecified atom stereocenters. The monoisotopic (exact) mass is 557 g/mol. The fourth-order valence-electron chi connectivity index (χ4n) is 2.57. The molecule has 1 fully saturated rings. The first-order valence-electron chi connectivity index (χ1n) is 7.76. The van der Waals surface area contributed by atoms with E-state index in [9.17, 15) is 33.5 Å². The molecule has 33 heavy (non-hydrogen) atoms. The maximum Gasteiger partial charge on any atom is 1.00 e. The summed E-state index contributed by atoms with van der Waals surface area (Å²) < 4.78 is 51.0. The van der Waals surface area contributed by atoms with Crippen molar-refractivity contribution in [3.8, 4) is 0 Å². The minimum absolute atomic E-state index is 0. The summed E-state index contributed by atoms with van der Waals surface area (Å²) in [6, 6.07) is 0. The van der Waals surface area contributed by atoms with Crippen LogP contribution in [0.2, 0.25) is 0 Å². The molecule has 1 aliphatic rings.